The molecule has 0 bridgehead atoms. The summed E-state index contributed by atoms with van der Waals surface area (Å²) >= 11 is 3.42. The molecule has 2 N–H and O–H groups in total. The van der Waals surface area contributed by atoms with E-state index in [0.717, 1.165) is 10.0 Å². The Kier molecular flexibility index (Phi) is 7.11. The molecule has 0 saturated heterocycles. The molecule has 134 valence electrons. The number of ether oxygens (including phenoxy) is 1. The van der Waals surface area contributed by atoms with Crippen LogP contribution in [-0.2, 0) is 4.79 Å². The van der Waals surface area contributed by atoms with Gasteiger partial charge in [0, 0.05) is 18.2 Å². The Labute approximate surface area is 160 Å². The first-order valence-corrected chi connectivity index (χ1v) is 8.53. The second-order valence-corrected chi connectivity index (χ2v) is 6.10. The average Bonchev–Trinajstić information content (AvgIpc) is 2.60. The Morgan fingerprint density at radius 3 is 2.77 bits per heavy atom. The molecule has 0 radical (unpaired) electrons. The molecule has 0 heterocycles. The number of nitrogens with one attached hydrogen (secondary N) is 2. The molecule has 0 aromatic heterocycles. The van der Waals surface area contributed by atoms with E-state index >= 15 is 0 Å². The van der Waals surface area contributed by atoms with E-state index in [0.29, 0.717) is 23.6 Å². The van der Waals surface area contributed by atoms with Crippen LogP contribution in [0.25, 0.3) is 0 Å². The number of halogens is 1. The van der Waals surface area contributed by atoms with Gasteiger partial charge in [-0.25, -0.2) is 5.43 Å². The van der Waals surface area contributed by atoms with Crippen molar-refractivity contribution in [3.63, 3.8) is 0 Å². The lowest BCUT2D eigenvalue weighted by Gasteiger charge is -2.06. The maximum atomic E-state index is 12.1. The highest BCUT2D eigenvalue weighted by atomic mass is 79.9. The van der Waals surface area contributed by atoms with E-state index < -0.39 is 0 Å². The van der Waals surface area contributed by atoms with Gasteiger partial charge >= 0.3 is 0 Å². The van der Waals surface area contributed by atoms with Crippen molar-refractivity contribution in [2.24, 2.45) is 5.10 Å². The molecule has 0 spiro atoms. The summed E-state index contributed by atoms with van der Waals surface area (Å²) < 4.78 is 6.25. The summed E-state index contributed by atoms with van der Waals surface area (Å²) in [6.45, 7) is 5.42. The fourth-order valence-electron chi connectivity index (χ4n) is 2.03. The highest BCUT2D eigenvalue weighted by Crippen LogP contribution is 2.25. The first-order valence-electron chi connectivity index (χ1n) is 7.74. The minimum Gasteiger partial charge on any atom is -0.488 e. The molecule has 7 heteroatoms. The molecule has 6 nitrogen and oxygen atoms in total. The molecule has 0 aliphatic carbocycles. The van der Waals surface area contributed by atoms with Gasteiger partial charge in [-0.05, 0) is 57.9 Å². The van der Waals surface area contributed by atoms with Crippen LogP contribution in [-0.4, -0.2) is 24.6 Å². The molecule has 2 amide bonds. The van der Waals surface area contributed by atoms with Crippen LogP contribution in [0, 0.1) is 0 Å². The first kappa shape index (κ1) is 19.4. The average molecular weight is 416 g/mol. The van der Waals surface area contributed by atoms with Gasteiger partial charge in [-0.1, -0.05) is 18.7 Å². The molecular formula is C19H18BrN3O3. The number of hydrogen-bond donors (Lipinski definition) is 2. The normalized spacial score (nSPS) is 10.4. The van der Waals surface area contributed by atoms with Gasteiger partial charge in [-0.3, -0.25) is 9.59 Å². The predicted molar refractivity (Wildman–Crippen MR) is 106 cm³/mol. The molecule has 0 aliphatic heterocycles. The summed E-state index contributed by atoms with van der Waals surface area (Å²) in [6, 6.07) is 12.0. The van der Waals surface area contributed by atoms with Crippen molar-refractivity contribution in [2.45, 2.75) is 6.92 Å². The van der Waals surface area contributed by atoms with Crippen LogP contribution < -0.4 is 15.5 Å². The summed E-state index contributed by atoms with van der Waals surface area (Å²) in [7, 11) is 0. The predicted octanol–water partition coefficient (Wildman–Crippen LogP) is 3.74. The van der Waals surface area contributed by atoms with Gasteiger partial charge in [-0.2, -0.15) is 5.10 Å². The largest absolute Gasteiger partial charge is 0.488 e. The summed E-state index contributed by atoms with van der Waals surface area (Å²) in [4.78, 5) is 23.2. The molecule has 2 rings (SSSR count). The molecule has 0 aliphatic rings. The number of nitrogens with zero attached hydrogens (tertiary/aromatic N) is 1. The lowest BCUT2D eigenvalue weighted by atomic mass is 10.2. The third-order valence-corrected chi connectivity index (χ3v) is 3.76. The maximum Gasteiger partial charge on any atom is 0.271 e. The second-order valence-electron chi connectivity index (χ2n) is 5.25. The minimum absolute atomic E-state index is 0.202. The van der Waals surface area contributed by atoms with Crippen LogP contribution in [0.2, 0.25) is 0 Å². The van der Waals surface area contributed by atoms with Crippen LogP contribution >= 0.6 is 15.9 Å². The summed E-state index contributed by atoms with van der Waals surface area (Å²) in [5, 5.41) is 6.58. The minimum atomic E-state index is -0.376. The van der Waals surface area contributed by atoms with Crippen LogP contribution in [0.1, 0.15) is 22.8 Å². The smallest absolute Gasteiger partial charge is 0.271 e. The zero-order chi connectivity index (χ0) is 18.9. The standard InChI is InChI=1S/C19H18BrN3O3/c1-3-9-26-18-8-7-14(10-17(18)20)12-21-23-19(25)15-5-4-6-16(11-15)22-13(2)24/h3-8,10-12H,1,9H2,2H3,(H,22,24)(H,23,25)/b21-12-. The van der Waals surface area contributed by atoms with Gasteiger partial charge in [0.2, 0.25) is 5.91 Å². The highest BCUT2D eigenvalue weighted by molar-refractivity contribution is 9.10. The quantitative estimate of drug-likeness (QED) is 0.410. The fraction of sp³-hybridized carbons (Fsp3) is 0.105. The van der Waals surface area contributed by atoms with Crippen molar-refractivity contribution in [2.75, 3.05) is 11.9 Å². The number of benzene rings is 2. The Hall–Kier alpha value is -2.93. The van der Waals surface area contributed by atoms with Crippen molar-refractivity contribution in [3.05, 3.63) is 70.7 Å². The lowest BCUT2D eigenvalue weighted by Crippen LogP contribution is -2.18. The third kappa shape index (κ3) is 5.86. The summed E-state index contributed by atoms with van der Waals surface area (Å²) in [5.74, 6) is 0.117. The van der Waals surface area contributed by atoms with Crippen LogP contribution in [0.5, 0.6) is 5.75 Å². The van der Waals surface area contributed by atoms with Crippen molar-refractivity contribution >= 4 is 39.6 Å². The zero-order valence-electron chi connectivity index (χ0n) is 14.2. The maximum absolute atomic E-state index is 12.1. The molecule has 0 saturated carbocycles. The van der Waals surface area contributed by atoms with E-state index in [1.807, 2.05) is 12.1 Å². The second kappa shape index (κ2) is 9.53. The summed E-state index contributed by atoms with van der Waals surface area (Å²) in [6.07, 6.45) is 3.19. The van der Waals surface area contributed by atoms with Gasteiger partial charge in [0.25, 0.3) is 5.91 Å². The van der Waals surface area contributed by atoms with Gasteiger partial charge in [0.05, 0.1) is 10.7 Å². The number of carbonyl (C=O) groups is 2. The van der Waals surface area contributed by atoms with E-state index in [-0.39, 0.29) is 11.8 Å². The number of rotatable bonds is 7. The van der Waals surface area contributed by atoms with E-state index in [4.69, 9.17) is 4.74 Å². The molecule has 0 atom stereocenters. The van der Waals surface area contributed by atoms with Crippen molar-refractivity contribution in [3.8, 4) is 5.75 Å². The van der Waals surface area contributed by atoms with E-state index in [1.165, 1.54) is 13.1 Å². The Morgan fingerprint density at radius 2 is 2.08 bits per heavy atom. The molecule has 0 fully saturated rings. The van der Waals surface area contributed by atoms with Gasteiger partial charge in [0.15, 0.2) is 0 Å². The highest BCUT2D eigenvalue weighted by Gasteiger charge is 2.06. The molecule has 0 unspecified atom stereocenters. The van der Waals surface area contributed by atoms with E-state index in [2.05, 4.69) is 38.4 Å². The summed E-state index contributed by atoms with van der Waals surface area (Å²) in [5.41, 5.74) is 4.18. The van der Waals surface area contributed by atoms with E-state index in [9.17, 15) is 9.59 Å². The number of anilines is 1. The zero-order valence-corrected chi connectivity index (χ0v) is 15.7. The van der Waals surface area contributed by atoms with Gasteiger partial charge in [-0.15, -0.1) is 0 Å². The molecular weight excluding hydrogens is 398 g/mol. The molecule has 2 aromatic carbocycles. The van der Waals surface area contributed by atoms with Gasteiger partial charge < -0.3 is 10.1 Å². The van der Waals surface area contributed by atoms with E-state index in [1.54, 1.807) is 36.4 Å². The third-order valence-electron chi connectivity index (χ3n) is 3.14. The number of carbonyl (C=O) groups excluding carboxylic acids is 2. The Bertz CT molecular complexity index is 850. The Balaban J connectivity index is 1.99. The fourth-order valence-corrected chi connectivity index (χ4v) is 2.55. The first-order chi connectivity index (χ1) is 12.5. The Morgan fingerprint density at radius 1 is 1.27 bits per heavy atom. The van der Waals surface area contributed by atoms with Crippen LogP contribution in [0.3, 0.4) is 0 Å². The van der Waals surface area contributed by atoms with Gasteiger partial charge in [0.1, 0.15) is 12.4 Å². The lowest BCUT2D eigenvalue weighted by molar-refractivity contribution is -0.114. The number of hydrazone groups is 1. The topological polar surface area (TPSA) is 79.8 Å². The number of amides is 2. The number of hydrogen-bond acceptors (Lipinski definition) is 4. The van der Waals surface area contributed by atoms with Crippen LogP contribution in [0.4, 0.5) is 5.69 Å². The van der Waals surface area contributed by atoms with Crippen molar-refractivity contribution in [1.82, 2.24) is 5.43 Å². The van der Waals surface area contributed by atoms with Crippen LogP contribution in [0.15, 0.2) is 64.7 Å². The van der Waals surface area contributed by atoms with Crippen molar-refractivity contribution < 1.29 is 14.3 Å². The molecule has 2 aromatic rings. The molecule has 26 heavy (non-hydrogen) atoms. The SMILES string of the molecule is C=CCOc1ccc(/C=N\NC(=O)c2cccc(NC(C)=O)c2)cc1Br. The van der Waals surface area contributed by atoms with Crippen molar-refractivity contribution in [1.29, 1.82) is 0 Å². The monoisotopic (exact) mass is 415 g/mol.